The Morgan fingerprint density at radius 1 is 1.59 bits per heavy atom. The number of nitrogens with one attached hydrogen (secondary N) is 1. The predicted octanol–water partition coefficient (Wildman–Crippen LogP) is 2.43. The lowest BCUT2D eigenvalue weighted by molar-refractivity contribution is -0.383. The lowest BCUT2D eigenvalue weighted by atomic mass is 10.2. The highest BCUT2D eigenvalue weighted by Crippen LogP contribution is 2.34. The average molecular weight is 257 g/mol. The second kappa shape index (κ2) is 4.89. The lowest BCUT2D eigenvalue weighted by Crippen LogP contribution is -2.21. The minimum Gasteiger partial charge on any atom is -0.391 e. The van der Waals surface area contributed by atoms with Crippen molar-refractivity contribution in [3.63, 3.8) is 0 Å². The molecule has 1 atom stereocenters. The maximum absolute atomic E-state index is 10.9. The Balaban J connectivity index is 2.08. The van der Waals surface area contributed by atoms with Crippen LogP contribution < -0.4 is 5.32 Å². The van der Waals surface area contributed by atoms with Crippen molar-refractivity contribution < 1.29 is 10.0 Å². The molecule has 1 aromatic rings. The van der Waals surface area contributed by atoms with Gasteiger partial charge in [-0.15, -0.1) is 0 Å². The summed E-state index contributed by atoms with van der Waals surface area (Å²) in [5.74, 6) is 0.334. The largest absolute Gasteiger partial charge is 0.391 e. The molecule has 17 heavy (non-hydrogen) atoms. The van der Waals surface area contributed by atoms with Gasteiger partial charge < -0.3 is 10.4 Å². The molecule has 0 saturated heterocycles. The molecule has 1 aromatic carbocycles. The van der Waals surface area contributed by atoms with Crippen LogP contribution in [0.1, 0.15) is 12.8 Å². The average Bonchev–Trinajstić information content (AvgIpc) is 3.08. The molecule has 0 heterocycles. The van der Waals surface area contributed by atoms with E-state index in [0.717, 1.165) is 12.8 Å². The first-order valence-corrected chi connectivity index (χ1v) is 5.82. The van der Waals surface area contributed by atoms with E-state index < -0.39 is 11.0 Å². The number of aliphatic hydroxyl groups excluding tert-OH is 1. The summed E-state index contributed by atoms with van der Waals surface area (Å²) in [6, 6.07) is 4.70. The molecule has 0 radical (unpaired) electrons. The quantitative estimate of drug-likeness (QED) is 0.627. The number of rotatable bonds is 5. The summed E-state index contributed by atoms with van der Waals surface area (Å²) in [6.07, 6.45) is 1.61. The van der Waals surface area contributed by atoms with Crippen LogP contribution in [0.2, 0.25) is 5.02 Å². The highest BCUT2D eigenvalue weighted by atomic mass is 35.5. The summed E-state index contributed by atoms with van der Waals surface area (Å²) < 4.78 is 0. The van der Waals surface area contributed by atoms with Crippen LogP contribution in [-0.2, 0) is 0 Å². The molecular formula is C11H13ClN2O3. The topological polar surface area (TPSA) is 75.4 Å². The van der Waals surface area contributed by atoms with Gasteiger partial charge in [-0.05, 0) is 30.9 Å². The summed E-state index contributed by atoms with van der Waals surface area (Å²) in [5, 5.41) is 23.5. The molecule has 1 aliphatic rings. The lowest BCUT2D eigenvalue weighted by Gasteiger charge is -2.12. The molecule has 1 fully saturated rings. The number of para-hydroxylation sites is 1. The van der Waals surface area contributed by atoms with Crippen molar-refractivity contribution in [2.45, 2.75) is 18.9 Å². The molecule has 2 rings (SSSR count). The third-order valence-corrected chi connectivity index (χ3v) is 3.14. The van der Waals surface area contributed by atoms with E-state index in [0.29, 0.717) is 18.2 Å². The summed E-state index contributed by atoms with van der Waals surface area (Å²) in [6.45, 7) is 0.311. The monoisotopic (exact) mass is 256 g/mol. The van der Waals surface area contributed by atoms with Gasteiger partial charge in [0.1, 0.15) is 10.7 Å². The Morgan fingerprint density at radius 3 is 2.88 bits per heavy atom. The Bertz CT molecular complexity index is 435. The van der Waals surface area contributed by atoms with Gasteiger partial charge in [-0.1, -0.05) is 17.7 Å². The second-order valence-electron chi connectivity index (χ2n) is 4.18. The van der Waals surface area contributed by atoms with Gasteiger partial charge >= 0.3 is 5.69 Å². The van der Waals surface area contributed by atoms with Crippen molar-refractivity contribution in [3.8, 4) is 0 Å². The number of benzene rings is 1. The zero-order chi connectivity index (χ0) is 12.4. The van der Waals surface area contributed by atoms with Crippen LogP contribution in [0.25, 0.3) is 0 Å². The zero-order valence-electron chi connectivity index (χ0n) is 9.10. The van der Waals surface area contributed by atoms with Crippen LogP contribution in [0.5, 0.6) is 0 Å². The van der Waals surface area contributed by atoms with Gasteiger partial charge in [-0.2, -0.15) is 0 Å². The fourth-order valence-corrected chi connectivity index (χ4v) is 1.95. The van der Waals surface area contributed by atoms with E-state index >= 15 is 0 Å². The second-order valence-corrected chi connectivity index (χ2v) is 4.59. The Kier molecular flexibility index (Phi) is 3.49. The van der Waals surface area contributed by atoms with Crippen molar-refractivity contribution in [1.82, 2.24) is 0 Å². The van der Waals surface area contributed by atoms with Gasteiger partial charge in [0.2, 0.25) is 0 Å². The highest BCUT2D eigenvalue weighted by Gasteiger charge is 2.30. The van der Waals surface area contributed by atoms with E-state index in [1.54, 1.807) is 12.1 Å². The smallest absolute Gasteiger partial charge is 0.310 e. The number of hydrogen-bond donors (Lipinski definition) is 2. The molecule has 1 saturated carbocycles. The van der Waals surface area contributed by atoms with Crippen molar-refractivity contribution in [2.24, 2.45) is 5.92 Å². The number of aliphatic hydroxyl groups is 1. The Hall–Kier alpha value is -1.33. The Labute approximate surface area is 104 Å². The third kappa shape index (κ3) is 2.87. The van der Waals surface area contributed by atoms with Gasteiger partial charge in [-0.3, -0.25) is 10.1 Å². The first-order valence-electron chi connectivity index (χ1n) is 5.44. The minimum atomic E-state index is -0.520. The van der Waals surface area contributed by atoms with Gasteiger partial charge in [-0.25, -0.2) is 0 Å². The fraction of sp³-hybridized carbons (Fsp3) is 0.455. The standard InChI is InChI=1S/C11H13ClN2O3/c12-8-2-1-3-9(11(8)14(16)17)13-6-10(15)7-4-5-7/h1-3,7,10,13,15H,4-6H2. The number of nitrogens with zero attached hydrogens (tertiary/aromatic N) is 1. The van der Waals surface area contributed by atoms with E-state index in [9.17, 15) is 15.2 Å². The van der Waals surface area contributed by atoms with E-state index in [-0.39, 0.29) is 10.7 Å². The Morgan fingerprint density at radius 2 is 2.29 bits per heavy atom. The van der Waals surface area contributed by atoms with Crippen LogP contribution >= 0.6 is 11.6 Å². The van der Waals surface area contributed by atoms with Crippen molar-refractivity contribution >= 4 is 23.0 Å². The van der Waals surface area contributed by atoms with Gasteiger partial charge in [0.25, 0.3) is 0 Å². The maximum Gasteiger partial charge on any atom is 0.310 e. The van der Waals surface area contributed by atoms with E-state index in [1.807, 2.05) is 0 Å². The van der Waals surface area contributed by atoms with E-state index in [4.69, 9.17) is 11.6 Å². The third-order valence-electron chi connectivity index (χ3n) is 2.84. The van der Waals surface area contributed by atoms with Crippen molar-refractivity contribution in [1.29, 1.82) is 0 Å². The number of anilines is 1. The molecule has 1 unspecified atom stereocenters. The highest BCUT2D eigenvalue weighted by molar-refractivity contribution is 6.33. The van der Waals surface area contributed by atoms with Gasteiger partial charge in [0.05, 0.1) is 11.0 Å². The molecule has 0 spiro atoms. The molecular weight excluding hydrogens is 244 g/mol. The van der Waals surface area contributed by atoms with Gasteiger partial charge in [0.15, 0.2) is 0 Å². The number of hydrogen-bond acceptors (Lipinski definition) is 4. The molecule has 6 heteroatoms. The number of nitro groups is 1. The summed E-state index contributed by atoms with van der Waals surface area (Å²) in [7, 11) is 0. The first-order chi connectivity index (χ1) is 8.09. The fourth-order valence-electron chi connectivity index (χ4n) is 1.71. The predicted molar refractivity (Wildman–Crippen MR) is 65.3 cm³/mol. The molecule has 0 bridgehead atoms. The molecule has 92 valence electrons. The van der Waals surface area contributed by atoms with E-state index in [2.05, 4.69) is 5.32 Å². The van der Waals surface area contributed by atoms with Crippen LogP contribution in [0, 0.1) is 16.0 Å². The van der Waals surface area contributed by atoms with Crippen LogP contribution in [0.15, 0.2) is 18.2 Å². The summed E-state index contributed by atoms with van der Waals surface area (Å²) in [5.41, 5.74) is 0.208. The zero-order valence-corrected chi connectivity index (χ0v) is 9.85. The molecule has 0 aliphatic heterocycles. The van der Waals surface area contributed by atoms with E-state index in [1.165, 1.54) is 6.07 Å². The first kappa shape index (κ1) is 12.1. The molecule has 0 amide bonds. The van der Waals surface area contributed by atoms with Crippen molar-refractivity contribution in [2.75, 3.05) is 11.9 Å². The van der Waals surface area contributed by atoms with Gasteiger partial charge in [0, 0.05) is 6.54 Å². The molecule has 2 N–H and O–H groups in total. The normalized spacial score (nSPS) is 16.6. The summed E-state index contributed by atoms with van der Waals surface area (Å²) in [4.78, 5) is 10.3. The minimum absolute atomic E-state index is 0.0981. The summed E-state index contributed by atoms with van der Waals surface area (Å²) >= 11 is 5.77. The van der Waals surface area contributed by atoms with Crippen molar-refractivity contribution in [3.05, 3.63) is 33.3 Å². The number of halogens is 1. The van der Waals surface area contributed by atoms with Crippen LogP contribution in [0.4, 0.5) is 11.4 Å². The SMILES string of the molecule is O=[N+]([O-])c1c(Cl)cccc1NCC(O)C1CC1. The molecule has 5 nitrogen and oxygen atoms in total. The maximum atomic E-state index is 10.9. The molecule has 1 aliphatic carbocycles. The number of nitro benzene ring substituents is 1. The van der Waals surface area contributed by atoms with Crippen LogP contribution in [-0.4, -0.2) is 22.7 Å². The molecule has 0 aromatic heterocycles. The van der Waals surface area contributed by atoms with Crippen LogP contribution in [0.3, 0.4) is 0 Å².